The maximum absolute atomic E-state index is 3.85. The number of halogens is 1. The van der Waals surface area contributed by atoms with E-state index >= 15 is 0 Å². The fourth-order valence-corrected chi connectivity index (χ4v) is 7.23. The molecule has 1 heteroatoms. The van der Waals surface area contributed by atoms with Crippen molar-refractivity contribution in [1.82, 2.24) is 0 Å². The predicted octanol–water partition coefficient (Wildman–Crippen LogP) is 12.5. The number of fused-ring (bicyclic) bond motifs is 3. The van der Waals surface area contributed by atoms with Crippen LogP contribution in [0.3, 0.4) is 0 Å². The summed E-state index contributed by atoms with van der Waals surface area (Å²) in [6, 6.07) is 21.4. The van der Waals surface area contributed by atoms with Gasteiger partial charge in [0.25, 0.3) is 0 Å². The number of hydrogen-bond donors (Lipinski definition) is 0. The van der Waals surface area contributed by atoms with Gasteiger partial charge in [-0.25, -0.2) is 0 Å². The lowest BCUT2D eigenvalue weighted by Crippen LogP contribution is -2.25. The van der Waals surface area contributed by atoms with E-state index < -0.39 is 0 Å². The van der Waals surface area contributed by atoms with Crippen molar-refractivity contribution in [2.45, 2.75) is 123 Å². The third-order valence-electron chi connectivity index (χ3n) is 8.79. The lowest BCUT2D eigenvalue weighted by molar-refractivity contribution is 0.398. The van der Waals surface area contributed by atoms with Gasteiger partial charge in [-0.3, -0.25) is 0 Å². The van der Waals surface area contributed by atoms with Crippen LogP contribution in [0.5, 0.6) is 0 Å². The van der Waals surface area contributed by atoms with Crippen molar-refractivity contribution in [3.05, 3.63) is 81.3 Å². The molecule has 4 rings (SSSR count). The van der Waals surface area contributed by atoms with E-state index in [-0.39, 0.29) is 5.41 Å². The van der Waals surface area contributed by atoms with E-state index in [2.05, 4.69) is 98.2 Å². The number of aryl methyl sites for hydroxylation is 2. The van der Waals surface area contributed by atoms with Gasteiger partial charge in [0.1, 0.15) is 0 Å². The molecule has 38 heavy (non-hydrogen) atoms. The Kier molecular flexibility index (Phi) is 10.7. The second kappa shape index (κ2) is 14.0. The lowest BCUT2D eigenvalue weighted by Gasteiger charge is -2.33. The summed E-state index contributed by atoms with van der Waals surface area (Å²) in [4.78, 5) is 0. The van der Waals surface area contributed by atoms with E-state index in [0.29, 0.717) is 0 Å². The molecule has 0 radical (unpaired) electrons. The normalized spacial score (nSPS) is 13.5. The van der Waals surface area contributed by atoms with Crippen LogP contribution >= 0.6 is 15.9 Å². The molecule has 0 saturated heterocycles. The molecule has 0 aliphatic heterocycles. The smallest absolute Gasteiger partial charge is 0.0215 e. The minimum absolute atomic E-state index is 0.124. The molecular formula is C37H49Br. The molecule has 0 atom stereocenters. The van der Waals surface area contributed by atoms with Gasteiger partial charge >= 0.3 is 0 Å². The molecule has 0 spiro atoms. The summed E-state index contributed by atoms with van der Waals surface area (Å²) >= 11 is 3.85. The first-order valence-electron chi connectivity index (χ1n) is 15.5. The maximum atomic E-state index is 3.85. The first-order valence-corrected chi connectivity index (χ1v) is 16.3. The Balaban J connectivity index is 1.72. The molecule has 0 bridgehead atoms. The van der Waals surface area contributed by atoms with E-state index in [9.17, 15) is 0 Å². The van der Waals surface area contributed by atoms with Crippen LogP contribution in [0, 0.1) is 13.8 Å². The zero-order chi connectivity index (χ0) is 27.0. The SMILES string of the molecule is CCCCCCCCC1(CCCCCCCC)c2cc(Br)ccc2-c2ccc(-c3cc(C)cc(C)c3)cc21. The molecule has 0 saturated carbocycles. The Bertz CT molecular complexity index is 1150. The zero-order valence-electron chi connectivity index (χ0n) is 24.5. The van der Waals surface area contributed by atoms with E-state index in [0.717, 1.165) is 0 Å². The molecule has 0 amide bonds. The molecule has 0 heterocycles. The molecular weight excluding hydrogens is 524 g/mol. The average molecular weight is 574 g/mol. The highest BCUT2D eigenvalue weighted by Gasteiger charge is 2.42. The largest absolute Gasteiger partial charge is 0.0654 e. The molecule has 0 fully saturated rings. The van der Waals surface area contributed by atoms with Gasteiger partial charge in [0.05, 0.1) is 0 Å². The first-order chi connectivity index (χ1) is 18.5. The van der Waals surface area contributed by atoms with Gasteiger partial charge < -0.3 is 0 Å². The van der Waals surface area contributed by atoms with Crippen LogP contribution in [0.2, 0.25) is 0 Å². The standard InChI is InChI=1S/C37H49Br/c1-5-7-9-11-13-15-21-37(22-16-14-12-10-8-6-2)35-26-30(31-24-28(3)23-29(4)25-31)17-19-33(35)34-20-18-32(38)27-36(34)37/h17-20,23-27H,5-16,21-22H2,1-4H3. The van der Waals surface area contributed by atoms with Crippen molar-refractivity contribution in [3.8, 4) is 22.3 Å². The van der Waals surface area contributed by atoms with Gasteiger partial charge in [0.15, 0.2) is 0 Å². The quantitative estimate of drug-likeness (QED) is 0.159. The van der Waals surface area contributed by atoms with Crippen molar-refractivity contribution >= 4 is 15.9 Å². The Morgan fingerprint density at radius 2 is 1.03 bits per heavy atom. The van der Waals surface area contributed by atoms with E-state index in [4.69, 9.17) is 0 Å². The Morgan fingerprint density at radius 1 is 0.526 bits per heavy atom. The van der Waals surface area contributed by atoms with E-state index in [1.807, 2.05) is 0 Å². The summed E-state index contributed by atoms with van der Waals surface area (Å²) in [6.45, 7) is 9.07. The first kappa shape index (κ1) is 29.1. The average Bonchev–Trinajstić information content (AvgIpc) is 3.16. The topological polar surface area (TPSA) is 0 Å². The minimum Gasteiger partial charge on any atom is -0.0654 e. The minimum atomic E-state index is 0.124. The molecule has 0 unspecified atom stereocenters. The number of hydrogen-bond acceptors (Lipinski definition) is 0. The van der Waals surface area contributed by atoms with Crippen LogP contribution in [0.25, 0.3) is 22.3 Å². The number of benzene rings is 3. The third kappa shape index (κ3) is 6.82. The van der Waals surface area contributed by atoms with Gasteiger partial charge in [-0.2, -0.15) is 0 Å². The molecule has 204 valence electrons. The van der Waals surface area contributed by atoms with Crippen molar-refractivity contribution in [2.75, 3.05) is 0 Å². The van der Waals surface area contributed by atoms with Crippen LogP contribution in [0.1, 0.15) is 126 Å². The van der Waals surface area contributed by atoms with Crippen molar-refractivity contribution in [1.29, 1.82) is 0 Å². The van der Waals surface area contributed by atoms with Gasteiger partial charge in [0, 0.05) is 9.89 Å². The molecule has 0 N–H and O–H groups in total. The summed E-state index contributed by atoms with van der Waals surface area (Å²) in [5, 5.41) is 0. The van der Waals surface area contributed by atoms with Crippen LogP contribution in [-0.2, 0) is 5.41 Å². The molecule has 3 aromatic carbocycles. The summed E-state index contributed by atoms with van der Waals surface area (Å²) in [5.41, 5.74) is 11.6. The molecule has 0 aromatic heterocycles. The molecule has 3 aromatic rings. The highest BCUT2D eigenvalue weighted by atomic mass is 79.9. The van der Waals surface area contributed by atoms with Gasteiger partial charge in [-0.05, 0) is 78.3 Å². The van der Waals surface area contributed by atoms with Crippen LogP contribution in [-0.4, -0.2) is 0 Å². The van der Waals surface area contributed by atoms with Gasteiger partial charge in [-0.15, -0.1) is 0 Å². The summed E-state index contributed by atoms with van der Waals surface area (Å²) in [6.07, 6.45) is 18.8. The van der Waals surface area contributed by atoms with Gasteiger partial charge in [0.2, 0.25) is 0 Å². The van der Waals surface area contributed by atoms with E-state index in [1.54, 1.807) is 11.1 Å². The highest BCUT2D eigenvalue weighted by molar-refractivity contribution is 9.10. The number of unbranched alkanes of at least 4 members (excludes halogenated alkanes) is 10. The van der Waals surface area contributed by atoms with Crippen LogP contribution in [0.15, 0.2) is 59.1 Å². The van der Waals surface area contributed by atoms with Crippen LogP contribution < -0.4 is 0 Å². The van der Waals surface area contributed by atoms with E-state index in [1.165, 1.54) is 128 Å². The molecule has 1 aliphatic rings. The van der Waals surface area contributed by atoms with Crippen LogP contribution in [0.4, 0.5) is 0 Å². The fraction of sp³-hybridized carbons (Fsp3) is 0.514. The maximum Gasteiger partial charge on any atom is 0.0215 e. The zero-order valence-corrected chi connectivity index (χ0v) is 26.1. The van der Waals surface area contributed by atoms with Crippen molar-refractivity contribution in [2.24, 2.45) is 0 Å². The molecule has 0 nitrogen and oxygen atoms in total. The predicted molar refractivity (Wildman–Crippen MR) is 171 cm³/mol. The second-order valence-electron chi connectivity index (χ2n) is 11.9. The summed E-state index contributed by atoms with van der Waals surface area (Å²) < 4.78 is 1.22. The Labute approximate surface area is 241 Å². The second-order valence-corrected chi connectivity index (χ2v) is 12.9. The highest BCUT2D eigenvalue weighted by Crippen LogP contribution is 2.55. The lowest BCUT2D eigenvalue weighted by atomic mass is 9.70. The molecule has 1 aliphatic carbocycles. The fourth-order valence-electron chi connectivity index (χ4n) is 6.87. The Morgan fingerprint density at radius 3 is 1.61 bits per heavy atom. The number of rotatable bonds is 15. The van der Waals surface area contributed by atoms with Crippen molar-refractivity contribution < 1.29 is 0 Å². The Hall–Kier alpha value is -1.86. The van der Waals surface area contributed by atoms with Crippen molar-refractivity contribution in [3.63, 3.8) is 0 Å². The summed E-state index contributed by atoms with van der Waals surface area (Å²) in [7, 11) is 0. The monoisotopic (exact) mass is 572 g/mol. The summed E-state index contributed by atoms with van der Waals surface area (Å²) in [5.74, 6) is 0. The third-order valence-corrected chi connectivity index (χ3v) is 9.28. The van der Waals surface area contributed by atoms with Gasteiger partial charge in [-0.1, -0.05) is 154 Å².